The molecule has 1 aromatic heterocycles. The minimum absolute atomic E-state index is 0.591. The summed E-state index contributed by atoms with van der Waals surface area (Å²) in [4.78, 5) is 2.27. The summed E-state index contributed by atoms with van der Waals surface area (Å²) >= 11 is 0. The third-order valence-electron chi connectivity index (χ3n) is 3.94. The van der Waals surface area contributed by atoms with Gasteiger partial charge < -0.3 is 10.6 Å². The van der Waals surface area contributed by atoms with Gasteiger partial charge in [0, 0.05) is 18.7 Å². The Kier molecular flexibility index (Phi) is 3.65. The van der Waals surface area contributed by atoms with Crippen molar-refractivity contribution in [3.63, 3.8) is 0 Å². The van der Waals surface area contributed by atoms with Crippen LogP contribution in [-0.2, 0) is 0 Å². The van der Waals surface area contributed by atoms with Crippen LogP contribution in [0, 0.1) is 12.8 Å². The molecule has 4 heteroatoms. The largest absolute Gasteiger partial charge is 0.355 e. The monoisotopic (exact) mass is 268 g/mol. The molecule has 20 heavy (non-hydrogen) atoms. The van der Waals surface area contributed by atoms with E-state index >= 15 is 0 Å². The highest BCUT2D eigenvalue weighted by atomic mass is 15.3. The summed E-state index contributed by atoms with van der Waals surface area (Å²) in [6.45, 7) is 4.86. The molecule has 1 atom stereocenters. The Morgan fingerprint density at radius 2 is 1.95 bits per heavy atom. The number of nitrogens with zero attached hydrogens (tertiary/aromatic N) is 3. The highest BCUT2D eigenvalue weighted by molar-refractivity contribution is 5.60. The van der Waals surface area contributed by atoms with Crippen LogP contribution in [0.25, 0.3) is 11.3 Å². The van der Waals surface area contributed by atoms with Crippen molar-refractivity contribution in [2.45, 2.75) is 13.3 Å². The maximum absolute atomic E-state index is 5.72. The number of aryl methyl sites for hydroxylation is 1. The van der Waals surface area contributed by atoms with Crippen LogP contribution < -0.4 is 10.6 Å². The van der Waals surface area contributed by atoms with Crippen LogP contribution in [0.2, 0.25) is 0 Å². The molecule has 2 aromatic rings. The molecule has 4 nitrogen and oxygen atoms in total. The summed E-state index contributed by atoms with van der Waals surface area (Å²) < 4.78 is 0. The summed E-state index contributed by atoms with van der Waals surface area (Å²) in [6.07, 6.45) is 1.15. The van der Waals surface area contributed by atoms with E-state index < -0.39 is 0 Å². The van der Waals surface area contributed by atoms with Crippen molar-refractivity contribution in [2.24, 2.45) is 11.7 Å². The normalized spacial score (nSPS) is 18.5. The Morgan fingerprint density at radius 3 is 2.55 bits per heavy atom. The predicted octanol–water partition coefficient (Wildman–Crippen LogP) is 2.24. The fourth-order valence-electron chi connectivity index (χ4n) is 2.61. The molecule has 0 bridgehead atoms. The Hall–Kier alpha value is -1.94. The van der Waals surface area contributed by atoms with E-state index in [2.05, 4.69) is 52.4 Å². The fraction of sp³-hybridized carbons (Fsp3) is 0.375. The topological polar surface area (TPSA) is 55.0 Å². The first kappa shape index (κ1) is 13.1. The molecule has 2 heterocycles. The number of benzene rings is 1. The first-order chi connectivity index (χ1) is 9.76. The lowest BCUT2D eigenvalue weighted by Gasteiger charge is -2.16. The molecule has 104 valence electrons. The van der Waals surface area contributed by atoms with Crippen molar-refractivity contribution in [1.82, 2.24) is 10.2 Å². The molecule has 1 saturated heterocycles. The Balaban J connectivity index is 1.76. The average molecular weight is 268 g/mol. The third-order valence-corrected chi connectivity index (χ3v) is 3.94. The van der Waals surface area contributed by atoms with Crippen molar-refractivity contribution >= 4 is 5.82 Å². The molecular weight excluding hydrogens is 248 g/mol. The van der Waals surface area contributed by atoms with Crippen LogP contribution in [0.5, 0.6) is 0 Å². The van der Waals surface area contributed by atoms with Gasteiger partial charge in [-0.3, -0.25) is 0 Å². The highest BCUT2D eigenvalue weighted by Gasteiger charge is 2.22. The minimum atomic E-state index is 0.591. The van der Waals surface area contributed by atoms with E-state index in [-0.39, 0.29) is 0 Å². The number of aromatic nitrogens is 2. The molecule has 1 aliphatic rings. The molecule has 1 unspecified atom stereocenters. The van der Waals surface area contributed by atoms with Crippen LogP contribution in [0.4, 0.5) is 5.82 Å². The SMILES string of the molecule is Cc1ccc(-c2ccc(N3CCC(CN)C3)nn2)cc1. The predicted molar refractivity (Wildman–Crippen MR) is 81.6 cm³/mol. The molecular formula is C16H20N4. The smallest absolute Gasteiger partial charge is 0.151 e. The van der Waals surface area contributed by atoms with Gasteiger partial charge in [0.2, 0.25) is 0 Å². The number of rotatable bonds is 3. The van der Waals surface area contributed by atoms with Gasteiger partial charge >= 0.3 is 0 Å². The molecule has 1 aliphatic heterocycles. The number of hydrogen-bond donors (Lipinski definition) is 1. The quantitative estimate of drug-likeness (QED) is 0.927. The van der Waals surface area contributed by atoms with E-state index in [0.717, 1.165) is 43.1 Å². The van der Waals surface area contributed by atoms with Crippen LogP contribution in [0.15, 0.2) is 36.4 Å². The van der Waals surface area contributed by atoms with E-state index in [1.165, 1.54) is 5.56 Å². The fourth-order valence-corrected chi connectivity index (χ4v) is 2.61. The molecule has 0 amide bonds. The van der Waals surface area contributed by atoms with Gasteiger partial charge in [-0.05, 0) is 37.9 Å². The van der Waals surface area contributed by atoms with Gasteiger partial charge in [-0.15, -0.1) is 10.2 Å². The van der Waals surface area contributed by atoms with Gasteiger partial charge in [-0.2, -0.15) is 0 Å². The van der Waals surface area contributed by atoms with Crippen LogP contribution in [-0.4, -0.2) is 29.8 Å². The Morgan fingerprint density at radius 1 is 1.15 bits per heavy atom. The summed E-state index contributed by atoms with van der Waals surface area (Å²) in [5, 5.41) is 8.71. The molecule has 0 aliphatic carbocycles. The number of anilines is 1. The van der Waals surface area contributed by atoms with Gasteiger partial charge in [0.1, 0.15) is 0 Å². The molecule has 3 rings (SSSR count). The zero-order valence-corrected chi connectivity index (χ0v) is 11.8. The third kappa shape index (κ3) is 2.65. The second-order valence-electron chi connectivity index (χ2n) is 5.48. The molecule has 0 spiro atoms. The van der Waals surface area contributed by atoms with Crippen molar-refractivity contribution in [3.05, 3.63) is 42.0 Å². The van der Waals surface area contributed by atoms with Crippen molar-refractivity contribution in [2.75, 3.05) is 24.5 Å². The van der Waals surface area contributed by atoms with Crippen molar-refractivity contribution in [3.8, 4) is 11.3 Å². The molecule has 1 aromatic carbocycles. The van der Waals surface area contributed by atoms with Gasteiger partial charge in [-0.1, -0.05) is 29.8 Å². The summed E-state index contributed by atoms with van der Waals surface area (Å²) in [5.74, 6) is 1.55. The highest BCUT2D eigenvalue weighted by Crippen LogP contribution is 2.23. The second-order valence-corrected chi connectivity index (χ2v) is 5.48. The lowest BCUT2D eigenvalue weighted by Crippen LogP contribution is -2.23. The minimum Gasteiger partial charge on any atom is -0.355 e. The molecule has 2 N–H and O–H groups in total. The maximum Gasteiger partial charge on any atom is 0.151 e. The van der Waals surface area contributed by atoms with E-state index in [1.54, 1.807) is 0 Å². The first-order valence-electron chi connectivity index (χ1n) is 7.12. The average Bonchev–Trinajstić information content (AvgIpc) is 2.97. The lowest BCUT2D eigenvalue weighted by atomic mass is 10.1. The van der Waals surface area contributed by atoms with Gasteiger partial charge in [-0.25, -0.2) is 0 Å². The van der Waals surface area contributed by atoms with E-state index in [1.807, 2.05) is 6.07 Å². The Bertz CT molecular complexity index is 562. The first-order valence-corrected chi connectivity index (χ1v) is 7.12. The molecule has 0 radical (unpaired) electrons. The zero-order valence-electron chi connectivity index (χ0n) is 11.8. The van der Waals surface area contributed by atoms with Crippen LogP contribution in [0.3, 0.4) is 0 Å². The van der Waals surface area contributed by atoms with E-state index in [9.17, 15) is 0 Å². The molecule has 1 fully saturated rings. The van der Waals surface area contributed by atoms with Crippen LogP contribution in [0.1, 0.15) is 12.0 Å². The lowest BCUT2D eigenvalue weighted by molar-refractivity contribution is 0.602. The second kappa shape index (κ2) is 5.59. The van der Waals surface area contributed by atoms with E-state index in [4.69, 9.17) is 5.73 Å². The summed E-state index contributed by atoms with van der Waals surface area (Å²) in [5.41, 5.74) is 9.00. The van der Waals surface area contributed by atoms with Crippen molar-refractivity contribution < 1.29 is 0 Å². The summed E-state index contributed by atoms with van der Waals surface area (Å²) in [7, 11) is 0. The maximum atomic E-state index is 5.72. The molecule has 0 saturated carbocycles. The zero-order chi connectivity index (χ0) is 13.9. The van der Waals surface area contributed by atoms with Crippen molar-refractivity contribution in [1.29, 1.82) is 0 Å². The van der Waals surface area contributed by atoms with Crippen LogP contribution >= 0.6 is 0 Å². The standard InChI is InChI=1S/C16H20N4/c1-12-2-4-14(5-3-12)15-6-7-16(19-18-15)20-9-8-13(10-17)11-20/h2-7,13H,8-11,17H2,1H3. The van der Waals surface area contributed by atoms with Gasteiger partial charge in [0.15, 0.2) is 5.82 Å². The van der Waals surface area contributed by atoms with Gasteiger partial charge in [0.25, 0.3) is 0 Å². The number of hydrogen-bond acceptors (Lipinski definition) is 4. The Labute approximate surface area is 119 Å². The van der Waals surface area contributed by atoms with Gasteiger partial charge in [0.05, 0.1) is 5.69 Å². The van der Waals surface area contributed by atoms with E-state index in [0.29, 0.717) is 5.92 Å². The number of nitrogens with two attached hydrogens (primary N) is 1. The summed E-state index contributed by atoms with van der Waals surface area (Å²) in [6, 6.07) is 12.5.